The van der Waals surface area contributed by atoms with Gasteiger partial charge in [-0.25, -0.2) is 0 Å². The predicted octanol–water partition coefficient (Wildman–Crippen LogP) is 1.82. The molecule has 1 heterocycles. The lowest BCUT2D eigenvalue weighted by molar-refractivity contribution is -0.00437. The van der Waals surface area contributed by atoms with Gasteiger partial charge in [0.1, 0.15) is 5.75 Å². The van der Waals surface area contributed by atoms with Crippen molar-refractivity contribution in [3.05, 3.63) is 23.8 Å². The van der Waals surface area contributed by atoms with Gasteiger partial charge in [-0.3, -0.25) is 0 Å². The van der Waals surface area contributed by atoms with E-state index in [1.165, 1.54) is 5.56 Å². The number of aryl methyl sites for hydroxylation is 1. The van der Waals surface area contributed by atoms with E-state index in [1.54, 1.807) is 18.9 Å². The lowest BCUT2D eigenvalue weighted by Crippen LogP contribution is -2.52. The number of hydrogen-bond acceptors (Lipinski definition) is 4. The third-order valence-corrected chi connectivity index (χ3v) is 4.12. The van der Waals surface area contributed by atoms with Crippen LogP contribution in [0.25, 0.3) is 0 Å². The number of benzene rings is 1. The Hall–Kier alpha value is -0.710. The minimum atomic E-state index is 0.0427. The zero-order chi connectivity index (χ0) is 11.6. The van der Waals surface area contributed by atoms with Gasteiger partial charge in [0.15, 0.2) is 0 Å². The van der Waals surface area contributed by atoms with Crippen LogP contribution in [0.4, 0.5) is 0 Å². The zero-order valence-electron chi connectivity index (χ0n) is 9.66. The van der Waals surface area contributed by atoms with Crippen LogP contribution in [0.5, 0.6) is 5.75 Å². The van der Waals surface area contributed by atoms with Crippen molar-refractivity contribution in [3.8, 4) is 5.75 Å². The van der Waals surface area contributed by atoms with Crippen LogP contribution in [0.3, 0.4) is 0 Å². The summed E-state index contributed by atoms with van der Waals surface area (Å²) < 4.78 is 10.7. The van der Waals surface area contributed by atoms with Gasteiger partial charge in [-0.15, -0.1) is 11.8 Å². The number of methoxy groups -OCH3 is 1. The van der Waals surface area contributed by atoms with Gasteiger partial charge in [0.2, 0.25) is 0 Å². The first kappa shape index (κ1) is 11.8. The number of rotatable bonds is 4. The average molecular weight is 239 g/mol. The number of nitrogens with two attached hydrogens (primary N) is 1. The Kier molecular flexibility index (Phi) is 3.42. The largest absolute Gasteiger partial charge is 0.496 e. The first-order valence-corrected chi connectivity index (χ1v) is 6.12. The molecule has 1 fully saturated rings. The molecule has 2 rings (SSSR count). The molecule has 0 unspecified atom stereocenters. The van der Waals surface area contributed by atoms with Crippen LogP contribution >= 0.6 is 11.8 Å². The molecule has 1 aromatic rings. The quantitative estimate of drug-likeness (QED) is 0.870. The summed E-state index contributed by atoms with van der Waals surface area (Å²) >= 11 is 1.77. The highest BCUT2D eigenvalue weighted by atomic mass is 32.2. The lowest BCUT2D eigenvalue weighted by atomic mass is 10.1. The van der Waals surface area contributed by atoms with Crippen molar-refractivity contribution in [2.45, 2.75) is 16.6 Å². The number of hydrogen-bond donors (Lipinski definition) is 1. The van der Waals surface area contributed by atoms with Gasteiger partial charge < -0.3 is 15.2 Å². The Morgan fingerprint density at radius 3 is 2.75 bits per heavy atom. The molecule has 0 atom stereocenters. The molecule has 0 saturated carbocycles. The maximum atomic E-state index is 5.80. The summed E-state index contributed by atoms with van der Waals surface area (Å²) in [6.45, 7) is 4.17. The molecule has 1 saturated heterocycles. The smallest absolute Gasteiger partial charge is 0.132 e. The van der Waals surface area contributed by atoms with Crippen molar-refractivity contribution in [1.29, 1.82) is 0 Å². The Morgan fingerprint density at radius 2 is 2.25 bits per heavy atom. The minimum Gasteiger partial charge on any atom is -0.496 e. The standard InChI is InChI=1S/C12H17NO2S/c1-9-3-4-10(14-2)11(5-9)16-12(6-13)7-15-8-12/h3-5H,6-8,13H2,1-2H3. The Balaban J connectivity index is 2.22. The van der Waals surface area contributed by atoms with Crippen molar-refractivity contribution in [1.82, 2.24) is 0 Å². The SMILES string of the molecule is COc1ccc(C)cc1SC1(CN)COC1. The summed E-state index contributed by atoms with van der Waals surface area (Å²) in [6.07, 6.45) is 0. The highest BCUT2D eigenvalue weighted by molar-refractivity contribution is 8.01. The molecule has 2 N–H and O–H groups in total. The monoisotopic (exact) mass is 239 g/mol. The maximum absolute atomic E-state index is 5.80. The van der Waals surface area contributed by atoms with E-state index in [9.17, 15) is 0 Å². The summed E-state index contributed by atoms with van der Waals surface area (Å²) in [4.78, 5) is 1.15. The summed E-state index contributed by atoms with van der Waals surface area (Å²) in [5.74, 6) is 0.912. The second kappa shape index (κ2) is 4.65. The van der Waals surface area contributed by atoms with Gasteiger partial charge in [0.05, 0.1) is 30.0 Å². The van der Waals surface area contributed by atoms with Crippen molar-refractivity contribution < 1.29 is 9.47 Å². The Morgan fingerprint density at radius 1 is 1.50 bits per heavy atom. The van der Waals surface area contributed by atoms with Crippen LogP contribution < -0.4 is 10.5 Å². The van der Waals surface area contributed by atoms with Crippen LogP contribution in [0.2, 0.25) is 0 Å². The number of ether oxygens (including phenoxy) is 2. The molecule has 1 aliphatic heterocycles. The van der Waals surface area contributed by atoms with Crippen molar-refractivity contribution in [3.63, 3.8) is 0 Å². The van der Waals surface area contributed by atoms with E-state index < -0.39 is 0 Å². The molecule has 0 radical (unpaired) electrons. The Labute approximate surface area is 100 Å². The topological polar surface area (TPSA) is 44.5 Å². The van der Waals surface area contributed by atoms with Crippen molar-refractivity contribution in [2.75, 3.05) is 26.9 Å². The molecule has 4 heteroatoms. The molecular weight excluding hydrogens is 222 g/mol. The third kappa shape index (κ3) is 2.19. The summed E-state index contributed by atoms with van der Waals surface area (Å²) in [5.41, 5.74) is 7.04. The van der Waals surface area contributed by atoms with Gasteiger partial charge in [-0.05, 0) is 24.6 Å². The summed E-state index contributed by atoms with van der Waals surface area (Å²) in [7, 11) is 1.70. The molecule has 1 aromatic carbocycles. The van der Waals surface area contributed by atoms with Gasteiger partial charge in [-0.1, -0.05) is 6.07 Å². The highest BCUT2D eigenvalue weighted by Crippen LogP contribution is 2.42. The van der Waals surface area contributed by atoms with Crippen LogP contribution in [-0.4, -0.2) is 31.6 Å². The molecule has 0 aromatic heterocycles. The van der Waals surface area contributed by atoms with Crippen LogP contribution in [-0.2, 0) is 4.74 Å². The fraction of sp³-hybridized carbons (Fsp3) is 0.500. The average Bonchev–Trinajstić information content (AvgIpc) is 2.24. The zero-order valence-corrected chi connectivity index (χ0v) is 10.5. The normalized spacial score (nSPS) is 17.9. The summed E-state index contributed by atoms with van der Waals surface area (Å²) in [5, 5.41) is 0. The van der Waals surface area contributed by atoms with Crippen molar-refractivity contribution >= 4 is 11.8 Å². The third-order valence-electron chi connectivity index (χ3n) is 2.75. The predicted molar refractivity (Wildman–Crippen MR) is 66.2 cm³/mol. The van der Waals surface area contributed by atoms with Crippen LogP contribution in [0.15, 0.2) is 23.1 Å². The lowest BCUT2D eigenvalue weighted by Gasteiger charge is -2.39. The molecule has 16 heavy (non-hydrogen) atoms. The van der Waals surface area contributed by atoms with E-state index in [0.717, 1.165) is 23.9 Å². The maximum Gasteiger partial charge on any atom is 0.132 e. The first-order chi connectivity index (χ1) is 7.69. The highest BCUT2D eigenvalue weighted by Gasteiger charge is 2.39. The van der Waals surface area contributed by atoms with E-state index in [4.69, 9.17) is 15.2 Å². The molecule has 0 amide bonds. The molecule has 0 spiro atoms. The fourth-order valence-electron chi connectivity index (χ4n) is 1.65. The van der Waals surface area contributed by atoms with E-state index in [1.807, 2.05) is 6.07 Å². The second-order valence-corrected chi connectivity index (χ2v) is 5.65. The Bertz CT molecular complexity index is 372. The molecule has 88 valence electrons. The molecule has 0 bridgehead atoms. The summed E-state index contributed by atoms with van der Waals surface area (Å²) in [6, 6.07) is 6.19. The molecule has 0 aliphatic carbocycles. The van der Waals surface area contributed by atoms with Gasteiger partial charge in [-0.2, -0.15) is 0 Å². The van der Waals surface area contributed by atoms with E-state index in [0.29, 0.717) is 6.54 Å². The van der Waals surface area contributed by atoms with Gasteiger partial charge in [0, 0.05) is 6.54 Å². The fourth-order valence-corrected chi connectivity index (χ4v) is 2.98. The van der Waals surface area contributed by atoms with E-state index >= 15 is 0 Å². The van der Waals surface area contributed by atoms with Gasteiger partial charge in [0.25, 0.3) is 0 Å². The molecule has 1 aliphatic rings. The van der Waals surface area contributed by atoms with E-state index in [-0.39, 0.29) is 4.75 Å². The van der Waals surface area contributed by atoms with Crippen LogP contribution in [0.1, 0.15) is 5.56 Å². The first-order valence-electron chi connectivity index (χ1n) is 5.30. The van der Waals surface area contributed by atoms with Gasteiger partial charge >= 0.3 is 0 Å². The van der Waals surface area contributed by atoms with E-state index in [2.05, 4.69) is 19.1 Å². The molecular formula is C12H17NO2S. The minimum absolute atomic E-state index is 0.0427. The second-order valence-electron chi connectivity index (χ2n) is 4.14. The molecule has 3 nitrogen and oxygen atoms in total. The number of thioether (sulfide) groups is 1. The van der Waals surface area contributed by atoms with Crippen LogP contribution in [0, 0.1) is 6.92 Å². The van der Waals surface area contributed by atoms with Crippen molar-refractivity contribution in [2.24, 2.45) is 5.73 Å².